The maximum Gasteiger partial charge on any atom is 0.257 e. The van der Waals surface area contributed by atoms with E-state index in [1.165, 1.54) is 12.1 Å². The Bertz CT molecular complexity index is 1110. The van der Waals surface area contributed by atoms with Gasteiger partial charge in [0.1, 0.15) is 11.6 Å². The van der Waals surface area contributed by atoms with Gasteiger partial charge in [0.05, 0.1) is 12.2 Å². The van der Waals surface area contributed by atoms with Crippen molar-refractivity contribution in [1.29, 1.82) is 0 Å². The van der Waals surface area contributed by atoms with E-state index in [4.69, 9.17) is 21.1 Å². The summed E-state index contributed by atoms with van der Waals surface area (Å²) in [4.78, 5) is 29.6. The summed E-state index contributed by atoms with van der Waals surface area (Å²) in [5, 5.41) is 3.53. The topological polar surface area (TPSA) is 71.1 Å². The van der Waals surface area contributed by atoms with Crippen molar-refractivity contribution >= 4 is 29.1 Å². The van der Waals surface area contributed by atoms with Crippen LogP contribution < -0.4 is 10.1 Å². The molecule has 0 saturated carbocycles. The highest BCUT2D eigenvalue weighted by atomic mass is 35.5. The molecule has 0 spiro atoms. The van der Waals surface area contributed by atoms with Crippen LogP contribution in [0.5, 0.6) is 5.75 Å². The number of hydrogen-bond donors (Lipinski definition) is 1. The molecular weight excluding hydrogens is 461 g/mol. The highest BCUT2D eigenvalue weighted by Crippen LogP contribution is 2.35. The van der Waals surface area contributed by atoms with Gasteiger partial charge < -0.3 is 24.6 Å². The van der Waals surface area contributed by atoms with Crippen LogP contribution in [0.25, 0.3) is 0 Å². The lowest BCUT2D eigenvalue weighted by Crippen LogP contribution is -2.34. The lowest BCUT2D eigenvalue weighted by molar-refractivity contribution is -0.116. The monoisotopic (exact) mass is 487 g/mol. The molecule has 2 aromatic rings. The van der Waals surface area contributed by atoms with Gasteiger partial charge in [0.25, 0.3) is 5.91 Å². The second-order valence-corrected chi connectivity index (χ2v) is 9.71. The second kappa shape index (κ2) is 9.52. The van der Waals surface area contributed by atoms with E-state index in [2.05, 4.69) is 10.2 Å². The van der Waals surface area contributed by atoms with Crippen molar-refractivity contribution in [2.75, 3.05) is 44.8 Å². The smallest absolute Gasteiger partial charge is 0.257 e. The van der Waals surface area contributed by atoms with Gasteiger partial charge in [0.15, 0.2) is 6.79 Å². The summed E-state index contributed by atoms with van der Waals surface area (Å²) < 4.78 is 24.8. The molecule has 3 aliphatic rings. The molecule has 2 amide bonds. The molecule has 5 rings (SSSR count). The molecule has 0 radical (unpaired) electrons. The number of rotatable bonds is 5. The summed E-state index contributed by atoms with van der Waals surface area (Å²) in [6.07, 6.45) is 0.391. The van der Waals surface area contributed by atoms with Gasteiger partial charge in [-0.1, -0.05) is 17.7 Å². The molecular formula is C25H27ClFN3O4. The number of fused-ring (bicyclic) bond motifs is 2. The lowest BCUT2D eigenvalue weighted by Gasteiger charge is -2.24. The van der Waals surface area contributed by atoms with Crippen molar-refractivity contribution in [3.8, 4) is 5.75 Å². The van der Waals surface area contributed by atoms with Crippen molar-refractivity contribution in [2.45, 2.75) is 20.0 Å². The van der Waals surface area contributed by atoms with E-state index in [1.807, 2.05) is 19.1 Å². The Morgan fingerprint density at radius 1 is 1.15 bits per heavy atom. The second-order valence-electron chi connectivity index (χ2n) is 9.30. The number of amides is 2. The van der Waals surface area contributed by atoms with Gasteiger partial charge in [-0.3, -0.25) is 9.59 Å². The molecule has 9 heteroatoms. The first-order valence-electron chi connectivity index (χ1n) is 11.5. The van der Waals surface area contributed by atoms with Crippen molar-refractivity contribution in [3.05, 3.63) is 57.9 Å². The first-order valence-corrected chi connectivity index (χ1v) is 11.9. The highest BCUT2D eigenvalue weighted by molar-refractivity contribution is 6.31. The maximum absolute atomic E-state index is 14.1. The van der Waals surface area contributed by atoms with Crippen LogP contribution in [0, 0.1) is 24.6 Å². The SMILES string of the molecule is Cc1ccc(NC(=O)CCN2CC3CN(C(=O)c4cc(F)cc5c4OCOC5)CC3C2)cc1Cl. The Hall–Kier alpha value is -2.68. The van der Waals surface area contributed by atoms with Gasteiger partial charge >= 0.3 is 0 Å². The van der Waals surface area contributed by atoms with Crippen molar-refractivity contribution in [1.82, 2.24) is 9.80 Å². The molecule has 0 aliphatic carbocycles. The molecule has 2 unspecified atom stereocenters. The van der Waals surface area contributed by atoms with Gasteiger partial charge in [-0.15, -0.1) is 0 Å². The molecule has 2 atom stereocenters. The fourth-order valence-electron chi connectivity index (χ4n) is 5.10. The highest BCUT2D eigenvalue weighted by Gasteiger charge is 2.42. The molecule has 1 N–H and O–H groups in total. The van der Waals surface area contributed by atoms with Crippen LogP contribution in [0.2, 0.25) is 5.02 Å². The number of hydrogen-bond acceptors (Lipinski definition) is 5. The fourth-order valence-corrected chi connectivity index (χ4v) is 5.28. The standard InChI is InChI=1S/C25H27ClFN3O4/c1-15-2-3-20(8-22(15)26)28-23(31)4-5-29-9-17-11-30(12-18(17)10-29)25(32)21-7-19(27)6-16-13-33-14-34-24(16)21/h2-3,6-8,17-18H,4-5,9-14H2,1H3,(H,28,31). The molecule has 34 heavy (non-hydrogen) atoms. The number of ether oxygens (including phenoxy) is 2. The van der Waals surface area contributed by atoms with Crippen LogP contribution in [0.3, 0.4) is 0 Å². The van der Waals surface area contributed by atoms with Crippen molar-refractivity contribution in [3.63, 3.8) is 0 Å². The molecule has 2 aromatic carbocycles. The summed E-state index contributed by atoms with van der Waals surface area (Å²) in [7, 11) is 0. The zero-order chi connectivity index (χ0) is 23.8. The van der Waals surface area contributed by atoms with Crippen LogP contribution in [0.15, 0.2) is 30.3 Å². The maximum atomic E-state index is 14.1. The minimum absolute atomic E-state index is 0.0476. The number of likely N-dealkylation sites (tertiary alicyclic amines) is 2. The number of nitrogens with zero attached hydrogens (tertiary/aromatic N) is 2. The van der Waals surface area contributed by atoms with Crippen LogP contribution in [0.1, 0.15) is 27.9 Å². The zero-order valence-corrected chi connectivity index (χ0v) is 19.7. The third kappa shape index (κ3) is 4.76. The van der Waals surface area contributed by atoms with E-state index in [1.54, 1.807) is 11.0 Å². The third-order valence-corrected chi connectivity index (χ3v) is 7.27. The number of carbonyl (C=O) groups excluding carboxylic acids is 2. The number of halogens is 2. The van der Waals surface area contributed by atoms with E-state index in [0.717, 1.165) is 18.7 Å². The quantitative estimate of drug-likeness (QED) is 0.696. The van der Waals surface area contributed by atoms with E-state index >= 15 is 0 Å². The molecule has 0 bridgehead atoms. The average Bonchev–Trinajstić information content (AvgIpc) is 3.38. The molecule has 2 saturated heterocycles. The van der Waals surface area contributed by atoms with E-state index in [0.29, 0.717) is 59.9 Å². The Balaban J connectivity index is 1.13. The van der Waals surface area contributed by atoms with Gasteiger partial charge in [-0.2, -0.15) is 0 Å². The van der Waals surface area contributed by atoms with Crippen LogP contribution >= 0.6 is 11.6 Å². The Labute approximate surface area is 202 Å². The molecule has 7 nitrogen and oxygen atoms in total. The van der Waals surface area contributed by atoms with Crippen LogP contribution in [0.4, 0.5) is 10.1 Å². The van der Waals surface area contributed by atoms with Gasteiger partial charge in [0.2, 0.25) is 5.91 Å². The van der Waals surface area contributed by atoms with Crippen LogP contribution in [-0.4, -0.2) is 61.1 Å². The summed E-state index contributed by atoms with van der Waals surface area (Å²) in [6.45, 7) is 5.79. The minimum Gasteiger partial charge on any atom is -0.466 e. The van der Waals surface area contributed by atoms with Gasteiger partial charge in [-0.25, -0.2) is 4.39 Å². The number of anilines is 1. The first-order chi connectivity index (χ1) is 16.4. The predicted molar refractivity (Wildman–Crippen MR) is 125 cm³/mol. The number of benzene rings is 2. The molecule has 3 aliphatic heterocycles. The van der Waals surface area contributed by atoms with E-state index < -0.39 is 5.82 Å². The first kappa shape index (κ1) is 23.1. The van der Waals surface area contributed by atoms with Crippen molar-refractivity contribution in [2.24, 2.45) is 11.8 Å². The third-order valence-electron chi connectivity index (χ3n) is 6.86. The Morgan fingerprint density at radius 2 is 1.91 bits per heavy atom. The van der Waals surface area contributed by atoms with E-state index in [9.17, 15) is 14.0 Å². The predicted octanol–water partition coefficient (Wildman–Crippen LogP) is 3.69. The summed E-state index contributed by atoms with van der Waals surface area (Å²) in [6, 6.07) is 8.09. The molecule has 0 aromatic heterocycles. The normalized spacial score (nSPS) is 21.7. The fraction of sp³-hybridized carbons (Fsp3) is 0.440. The number of carbonyl (C=O) groups is 2. The van der Waals surface area contributed by atoms with E-state index in [-0.39, 0.29) is 30.8 Å². The average molecular weight is 488 g/mol. The molecule has 3 heterocycles. The van der Waals surface area contributed by atoms with Gasteiger partial charge in [-0.05, 0) is 48.6 Å². The Kier molecular flexibility index (Phi) is 6.46. The molecule has 2 fully saturated rings. The van der Waals surface area contributed by atoms with Gasteiger partial charge in [0, 0.05) is 55.4 Å². The summed E-state index contributed by atoms with van der Waals surface area (Å²) >= 11 is 6.13. The van der Waals surface area contributed by atoms with Crippen molar-refractivity contribution < 1.29 is 23.5 Å². The largest absolute Gasteiger partial charge is 0.466 e. The summed E-state index contributed by atoms with van der Waals surface area (Å²) in [5.41, 5.74) is 2.49. The number of nitrogens with one attached hydrogen (secondary N) is 1. The number of aryl methyl sites for hydroxylation is 1. The lowest BCUT2D eigenvalue weighted by atomic mass is 10.0. The van der Waals surface area contributed by atoms with Crippen LogP contribution in [-0.2, 0) is 16.1 Å². The molecule has 180 valence electrons. The zero-order valence-electron chi connectivity index (χ0n) is 19.0. The minimum atomic E-state index is -0.465. The Morgan fingerprint density at radius 3 is 2.65 bits per heavy atom. The summed E-state index contributed by atoms with van der Waals surface area (Å²) in [5.74, 6) is 0.404.